The van der Waals surface area contributed by atoms with Gasteiger partial charge in [0.05, 0.1) is 11.6 Å². The van der Waals surface area contributed by atoms with Crippen molar-refractivity contribution in [3.8, 4) is 23.6 Å². The number of aromatic nitrogens is 1. The van der Waals surface area contributed by atoms with E-state index in [0.717, 1.165) is 6.07 Å². The molecule has 0 spiro atoms. The molecule has 0 atom stereocenters. The number of nitrogens with zero attached hydrogens (tertiary/aromatic N) is 3. The van der Waals surface area contributed by atoms with Crippen molar-refractivity contribution >= 4 is 0 Å². The van der Waals surface area contributed by atoms with Gasteiger partial charge in [-0.3, -0.25) is 0 Å². The zero-order valence-electron chi connectivity index (χ0n) is 9.09. The first-order chi connectivity index (χ1) is 8.74. The van der Waals surface area contributed by atoms with Crippen molar-refractivity contribution in [1.29, 1.82) is 10.5 Å². The van der Waals surface area contributed by atoms with E-state index in [-0.39, 0.29) is 22.8 Å². The van der Waals surface area contributed by atoms with Crippen molar-refractivity contribution in [2.24, 2.45) is 0 Å². The smallest absolute Gasteiger partial charge is 0.183 e. The van der Waals surface area contributed by atoms with E-state index in [1.807, 2.05) is 12.1 Å². The van der Waals surface area contributed by atoms with Crippen LogP contribution < -0.4 is 4.74 Å². The molecule has 0 aliphatic heterocycles. The van der Waals surface area contributed by atoms with Gasteiger partial charge < -0.3 is 4.74 Å². The lowest BCUT2D eigenvalue weighted by atomic mass is 10.2. The molecule has 5 heteroatoms. The third-order valence-corrected chi connectivity index (χ3v) is 2.16. The van der Waals surface area contributed by atoms with E-state index < -0.39 is 5.82 Å². The minimum Gasteiger partial charge on any atom is -0.451 e. The van der Waals surface area contributed by atoms with Gasteiger partial charge in [-0.15, -0.1) is 0 Å². The molecule has 1 aromatic heterocycles. The monoisotopic (exact) mass is 239 g/mol. The van der Waals surface area contributed by atoms with Crippen molar-refractivity contribution in [2.45, 2.75) is 0 Å². The third kappa shape index (κ3) is 2.26. The standard InChI is InChI=1S/C13H6FN3O/c14-10-6-9(7-15)3-4-12(10)18-13-2-1-5-17-11(13)8-16/h1-6H. The Morgan fingerprint density at radius 3 is 2.61 bits per heavy atom. The molecule has 0 fully saturated rings. The summed E-state index contributed by atoms with van der Waals surface area (Å²) in [6.45, 7) is 0. The Morgan fingerprint density at radius 2 is 1.94 bits per heavy atom. The molecule has 2 rings (SSSR count). The minimum absolute atomic E-state index is 0.0569. The normalized spacial score (nSPS) is 9.28. The largest absolute Gasteiger partial charge is 0.451 e. The summed E-state index contributed by atoms with van der Waals surface area (Å²) in [5.41, 5.74) is 0.271. The van der Waals surface area contributed by atoms with E-state index in [0.29, 0.717) is 0 Å². The highest BCUT2D eigenvalue weighted by Crippen LogP contribution is 2.26. The Bertz CT molecular complexity index is 671. The van der Waals surface area contributed by atoms with Crippen molar-refractivity contribution in [2.75, 3.05) is 0 Å². The van der Waals surface area contributed by atoms with E-state index in [1.54, 1.807) is 6.07 Å². The summed E-state index contributed by atoms with van der Waals surface area (Å²) in [4.78, 5) is 3.80. The van der Waals surface area contributed by atoms with E-state index in [9.17, 15) is 4.39 Å². The number of nitriles is 2. The predicted octanol–water partition coefficient (Wildman–Crippen LogP) is 2.76. The van der Waals surface area contributed by atoms with Gasteiger partial charge in [0.15, 0.2) is 23.0 Å². The summed E-state index contributed by atoms with van der Waals surface area (Å²) in [5.74, 6) is -0.552. The average Bonchev–Trinajstić information content (AvgIpc) is 2.41. The first-order valence-electron chi connectivity index (χ1n) is 4.97. The van der Waals surface area contributed by atoms with E-state index in [2.05, 4.69) is 4.98 Å². The molecular formula is C13H6FN3O. The van der Waals surface area contributed by atoms with Gasteiger partial charge in [-0.2, -0.15) is 10.5 Å². The Labute approximate surface area is 103 Å². The van der Waals surface area contributed by atoms with Crippen LogP contribution in [0.2, 0.25) is 0 Å². The van der Waals surface area contributed by atoms with Crippen LogP contribution in [0, 0.1) is 28.5 Å². The van der Waals surface area contributed by atoms with E-state index >= 15 is 0 Å². The van der Waals surface area contributed by atoms with Gasteiger partial charge in [0.25, 0.3) is 0 Å². The molecule has 0 aliphatic carbocycles. The number of hydrogen-bond acceptors (Lipinski definition) is 4. The quantitative estimate of drug-likeness (QED) is 0.807. The Kier molecular flexibility index (Phi) is 3.17. The van der Waals surface area contributed by atoms with Gasteiger partial charge in [0.2, 0.25) is 0 Å². The second kappa shape index (κ2) is 4.94. The molecule has 2 aromatic rings. The highest BCUT2D eigenvalue weighted by molar-refractivity contribution is 5.42. The van der Waals surface area contributed by atoms with Gasteiger partial charge in [-0.1, -0.05) is 0 Å². The van der Waals surface area contributed by atoms with Crippen LogP contribution in [0.25, 0.3) is 0 Å². The minimum atomic E-state index is -0.665. The molecule has 0 amide bonds. The molecule has 0 saturated heterocycles. The van der Waals surface area contributed by atoms with Crippen LogP contribution in [-0.2, 0) is 0 Å². The molecule has 0 aliphatic rings. The summed E-state index contributed by atoms with van der Waals surface area (Å²) in [5, 5.41) is 17.4. The molecule has 1 heterocycles. The highest BCUT2D eigenvalue weighted by atomic mass is 19.1. The van der Waals surface area contributed by atoms with Crippen LogP contribution in [0.1, 0.15) is 11.3 Å². The molecule has 0 radical (unpaired) electrons. The molecular weight excluding hydrogens is 233 g/mol. The first-order valence-corrected chi connectivity index (χ1v) is 4.97. The summed E-state index contributed by atoms with van der Waals surface area (Å²) in [6, 6.07) is 10.6. The molecule has 4 nitrogen and oxygen atoms in total. The number of benzene rings is 1. The fourth-order valence-electron chi connectivity index (χ4n) is 1.33. The lowest BCUT2D eigenvalue weighted by molar-refractivity contribution is 0.439. The Balaban J connectivity index is 2.36. The summed E-state index contributed by atoms with van der Waals surface area (Å²) in [6.07, 6.45) is 1.44. The maximum atomic E-state index is 13.6. The second-order valence-electron chi connectivity index (χ2n) is 3.32. The van der Waals surface area contributed by atoms with Crippen LogP contribution in [0.4, 0.5) is 4.39 Å². The van der Waals surface area contributed by atoms with Gasteiger partial charge in [-0.05, 0) is 30.3 Å². The Hall–Kier alpha value is -2.92. The van der Waals surface area contributed by atoms with Gasteiger partial charge in [0, 0.05) is 6.20 Å². The molecule has 18 heavy (non-hydrogen) atoms. The summed E-state index contributed by atoms with van der Waals surface area (Å²) < 4.78 is 18.8. The van der Waals surface area contributed by atoms with Crippen LogP contribution in [0.3, 0.4) is 0 Å². The molecule has 1 aromatic carbocycles. The lowest BCUT2D eigenvalue weighted by Crippen LogP contribution is -1.93. The van der Waals surface area contributed by atoms with Crippen LogP contribution >= 0.6 is 0 Å². The number of rotatable bonds is 2. The number of halogens is 1. The zero-order valence-corrected chi connectivity index (χ0v) is 9.09. The van der Waals surface area contributed by atoms with E-state index in [4.69, 9.17) is 15.3 Å². The summed E-state index contributed by atoms with van der Waals surface area (Å²) >= 11 is 0. The second-order valence-corrected chi connectivity index (χ2v) is 3.32. The third-order valence-electron chi connectivity index (χ3n) is 2.16. The van der Waals surface area contributed by atoms with Gasteiger partial charge in [-0.25, -0.2) is 9.37 Å². The predicted molar refractivity (Wildman–Crippen MR) is 60.1 cm³/mol. The van der Waals surface area contributed by atoms with Gasteiger partial charge >= 0.3 is 0 Å². The van der Waals surface area contributed by atoms with Crippen molar-refractivity contribution in [3.63, 3.8) is 0 Å². The lowest BCUT2D eigenvalue weighted by Gasteiger charge is -2.07. The highest BCUT2D eigenvalue weighted by Gasteiger charge is 2.09. The Morgan fingerprint density at radius 1 is 1.11 bits per heavy atom. The van der Waals surface area contributed by atoms with Crippen LogP contribution in [0.15, 0.2) is 36.5 Å². The molecule has 86 valence electrons. The maximum absolute atomic E-state index is 13.6. The summed E-state index contributed by atoms with van der Waals surface area (Å²) in [7, 11) is 0. The fourth-order valence-corrected chi connectivity index (χ4v) is 1.33. The molecule has 0 saturated carbocycles. The number of hydrogen-bond donors (Lipinski definition) is 0. The molecule has 0 bridgehead atoms. The van der Waals surface area contributed by atoms with Gasteiger partial charge in [0.1, 0.15) is 6.07 Å². The number of ether oxygens (including phenoxy) is 1. The molecule has 0 N–H and O–H groups in total. The van der Waals surface area contributed by atoms with Crippen LogP contribution in [-0.4, -0.2) is 4.98 Å². The van der Waals surface area contributed by atoms with Crippen molar-refractivity contribution < 1.29 is 9.13 Å². The average molecular weight is 239 g/mol. The first kappa shape index (κ1) is 11.6. The van der Waals surface area contributed by atoms with Crippen LogP contribution in [0.5, 0.6) is 11.5 Å². The van der Waals surface area contributed by atoms with E-state index in [1.165, 1.54) is 24.4 Å². The van der Waals surface area contributed by atoms with Crippen molar-refractivity contribution in [1.82, 2.24) is 4.98 Å². The van der Waals surface area contributed by atoms with Crippen molar-refractivity contribution in [3.05, 3.63) is 53.6 Å². The fraction of sp³-hybridized carbons (Fsp3) is 0. The number of pyridine rings is 1. The zero-order chi connectivity index (χ0) is 13.0. The topological polar surface area (TPSA) is 69.7 Å². The SMILES string of the molecule is N#Cc1ccc(Oc2cccnc2C#N)c(F)c1. The molecule has 0 unspecified atom stereocenters. The maximum Gasteiger partial charge on any atom is 0.183 e.